The zero-order valence-corrected chi connectivity index (χ0v) is 8.84. The van der Waals surface area contributed by atoms with Crippen molar-refractivity contribution in [3.05, 3.63) is 33.6 Å². The highest BCUT2D eigenvalue weighted by Crippen LogP contribution is 2.21. The molecule has 2 rings (SSSR count). The number of H-pyrrole nitrogens is 1. The summed E-state index contributed by atoms with van der Waals surface area (Å²) in [5.41, 5.74) is 0.292. The van der Waals surface area contributed by atoms with Gasteiger partial charge in [0.1, 0.15) is 11.3 Å². The van der Waals surface area contributed by atoms with Crippen LogP contribution in [0, 0.1) is 0 Å². The van der Waals surface area contributed by atoms with E-state index in [2.05, 4.69) is 10.2 Å². The number of aromatic amines is 1. The van der Waals surface area contributed by atoms with Gasteiger partial charge in [-0.15, -0.1) is 0 Å². The maximum atomic E-state index is 11.6. The van der Waals surface area contributed by atoms with Crippen molar-refractivity contribution >= 4 is 22.5 Å². The Balaban J connectivity index is 2.77. The summed E-state index contributed by atoms with van der Waals surface area (Å²) in [5.74, 6) is 0.608. The maximum Gasteiger partial charge on any atom is 0.227 e. The molecule has 0 saturated heterocycles. The van der Waals surface area contributed by atoms with Crippen LogP contribution in [-0.2, 0) is 0 Å². The average Bonchev–Trinajstić information content (AvgIpc) is 2.25. The second-order valence-electron chi connectivity index (χ2n) is 2.96. The van der Waals surface area contributed by atoms with Crippen LogP contribution in [-0.4, -0.2) is 16.8 Å². The lowest BCUT2D eigenvalue weighted by molar-refractivity contribution is 0.343. The first-order valence-corrected chi connectivity index (χ1v) is 4.91. The molecule has 0 fully saturated rings. The van der Waals surface area contributed by atoms with E-state index in [9.17, 15) is 4.79 Å². The first-order chi connectivity index (χ1) is 7.24. The van der Waals surface area contributed by atoms with Gasteiger partial charge in [0.05, 0.1) is 12.0 Å². The third kappa shape index (κ3) is 1.68. The van der Waals surface area contributed by atoms with Crippen molar-refractivity contribution in [3.63, 3.8) is 0 Å². The lowest BCUT2D eigenvalue weighted by Crippen LogP contribution is -2.07. The summed E-state index contributed by atoms with van der Waals surface area (Å²) < 4.78 is 5.36. The van der Waals surface area contributed by atoms with Gasteiger partial charge in [-0.3, -0.25) is 9.89 Å². The maximum absolute atomic E-state index is 11.6. The van der Waals surface area contributed by atoms with Crippen LogP contribution in [0.2, 0.25) is 5.15 Å². The number of hydrogen-bond acceptors (Lipinski definition) is 3. The van der Waals surface area contributed by atoms with Crippen molar-refractivity contribution in [3.8, 4) is 5.75 Å². The topological polar surface area (TPSA) is 55.0 Å². The van der Waals surface area contributed by atoms with Crippen LogP contribution < -0.4 is 10.2 Å². The second kappa shape index (κ2) is 3.90. The van der Waals surface area contributed by atoms with Crippen LogP contribution >= 0.6 is 11.6 Å². The lowest BCUT2D eigenvalue weighted by Gasteiger charge is -2.05. The smallest absolute Gasteiger partial charge is 0.227 e. The zero-order valence-electron chi connectivity index (χ0n) is 8.08. The Hall–Kier alpha value is -1.55. The number of fused-ring (bicyclic) bond motifs is 1. The molecule has 0 unspecified atom stereocenters. The van der Waals surface area contributed by atoms with Gasteiger partial charge in [-0.2, -0.15) is 5.10 Å². The van der Waals surface area contributed by atoms with Gasteiger partial charge in [0.2, 0.25) is 5.43 Å². The minimum absolute atomic E-state index is 0.0591. The largest absolute Gasteiger partial charge is 0.492 e. The molecule has 4 nitrogen and oxygen atoms in total. The predicted octanol–water partition coefficient (Wildman–Crippen LogP) is 1.98. The molecule has 0 aliphatic rings. The van der Waals surface area contributed by atoms with Crippen molar-refractivity contribution in [2.45, 2.75) is 6.92 Å². The summed E-state index contributed by atoms with van der Waals surface area (Å²) in [4.78, 5) is 11.6. The molecule has 0 radical (unpaired) electrons. The monoisotopic (exact) mass is 224 g/mol. The van der Waals surface area contributed by atoms with E-state index >= 15 is 0 Å². The van der Waals surface area contributed by atoms with Gasteiger partial charge in [-0.25, -0.2) is 0 Å². The number of aromatic nitrogens is 2. The fraction of sp³-hybridized carbons (Fsp3) is 0.200. The molecule has 1 heterocycles. The molecule has 0 bridgehead atoms. The minimum Gasteiger partial charge on any atom is -0.492 e. The Morgan fingerprint density at radius 1 is 1.53 bits per heavy atom. The second-order valence-corrected chi connectivity index (χ2v) is 3.31. The van der Waals surface area contributed by atoms with Crippen molar-refractivity contribution < 1.29 is 4.74 Å². The summed E-state index contributed by atoms with van der Waals surface area (Å²) in [6.07, 6.45) is 0. The highest BCUT2D eigenvalue weighted by molar-refractivity contribution is 6.29. The molecule has 0 saturated carbocycles. The van der Waals surface area contributed by atoms with E-state index in [-0.39, 0.29) is 10.6 Å². The van der Waals surface area contributed by atoms with E-state index in [1.165, 1.54) is 0 Å². The summed E-state index contributed by atoms with van der Waals surface area (Å²) in [7, 11) is 0. The molecule has 1 N–H and O–H groups in total. The molecule has 0 atom stereocenters. The predicted molar refractivity (Wildman–Crippen MR) is 58.5 cm³/mol. The molecule has 0 spiro atoms. The number of ether oxygens (including phenoxy) is 1. The van der Waals surface area contributed by atoms with Crippen LogP contribution in [0.5, 0.6) is 5.75 Å². The number of benzene rings is 1. The highest BCUT2D eigenvalue weighted by atomic mass is 35.5. The van der Waals surface area contributed by atoms with Crippen molar-refractivity contribution in [2.24, 2.45) is 0 Å². The number of hydrogen-bond donors (Lipinski definition) is 1. The fourth-order valence-electron chi connectivity index (χ4n) is 1.38. The zero-order chi connectivity index (χ0) is 10.8. The van der Waals surface area contributed by atoms with E-state index in [4.69, 9.17) is 16.3 Å². The molecule has 1 aromatic heterocycles. The summed E-state index contributed by atoms with van der Waals surface area (Å²) >= 11 is 5.62. The van der Waals surface area contributed by atoms with E-state index in [1.807, 2.05) is 6.92 Å². The van der Waals surface area contributed by atoms with Crippen LogP contribution in [0.4, 0.5) is 0 Å². The Morgan fingerprint density at radius 3 is 3.07 bits per heavy atom. The number of nitrogens with zero attached hydrogens (tertiary/aromatic N) is 1. The van der Waals surface area contributed by atoms with Crippen molar-refractivity contribution in [1.82, 2.24) is 10.2 Å². The average molecular weight is 225 g/mol. The van der Waals surface area contributed by atoms with Gasteiger partial charge in [-0.05, 0) is 19.1 Å². The summed E-state index contributed by atoms with van der Waals surface area (Å²) in [5, 5.41) is 6.83. The normalized spacial score (nSPS) is 10.5. The molecule has 5 heteroatoms. The van der Waals surface area contributed by atoms with Gasteiger partial charge in [0, 0.05) is 0 Å². The highest BCUT2D eigenvalue weighted by Gasteiger charge is 2.07. The minimum atomic E-state index is -0.285. The van der Waals surface area contributed by atoms with Crippen LogP contribution in [0.1, 0.15) is 6.92 Å². The van der Waals surface area contributed by atoms with Gasteiger partial charge in [-0.1, -0.05) is 17.7 Å². The Bertz CT molecular complexity index is 551. The van der Waals surface area contributed by atoms with Crippen molar-refractivity contribution in [2.75, 3.05) is 6.61 Å². The Labute approximate surface area is 90.8 Å². The number of nitrogens with one attached hydrogen (secondary N) is 1. The molecule has 0 aliphatic carbocycles. The molecular formula is C10H9ClN2O2. The van der Waals surface area contributed by atoms with Gasteiger partial charge >= 0.3 is 0 Å². The molecule has 78 valence electrons. The third-order valence-corrected chi connectivity index (χ3v) is 2.28. The number of para-hydroxylation sites is 1. The molecule has 0 amide bonds. The van der Waals surface area contributed by atoms with Crippen molar-refractivity contribution in [1.29, 1.82) is 0 Å². The summed E-state index contributed by atoms with van der Waals surface area (Å²) in [6, 6.07) is 5.21. The van der Waals surface area contributed by atoms with Crippen LogP contribution in [0.15, 0.2) is 23.0 Å². The molecule has 2 aromatic rings. The number of halogens is 1. The van der Waals surface area contributed by atoms with Gasteiger partial charge in [0.15, 0.2) is 5.15 Å². The SMILES string of the molecule is CCOc1cccc2c(=O)c(Cl)n[nH]c12. The third-order valence-electron chi connectivity index (χ3n) is 2.02. The molecular weight excluding hydrogens is 216 g/mol. The van der Waals surface area contributed by atoms with E-state index in [0.29, 0.717) is 23.3 Å². The standard InChI is InChI=1S/C10H9ClN2O2/c1-2-15-7-5-3-4-6-8(7)12-13-10(11)9(6)14/h3-5H,2H2,1H3,(H,12,14). The van der Waals surface area contributed by atoms with E-state index in [1.54, 1.807) is 18.2 Å². The van der Waals surface area contributed by atoms with Gasteiger partial charge < -0.3 is 4.74 Å². The first kappa shape index (κ1) is 9.98. The molecule has 1 aromatic carbocycles. The summed E-state index contributed by atoms with van der Waals surface area (Å²) in [6.45, 7) is 2.41. The van der Waals surface area contributed by atoms with Gasteiger partial charge in [0.25, 0.3) is 0 Å². The van der Waals surface area contributed by atoms with E-state index in [0.717, 1.165) is 0 Å². The fourth-order valence-corrected chi connectivity index (χ4v) is 1.52. The lowest BCUT2D eigenvalue weighted by atomic mass is 10.2. The quantitative estimate of drug-likeness (QED) is 0.849. The molecule has 15 heavy (non-hydrogen) atoms. The Morgan fingerprint density at radius 2 is 2.33 bits per heavy atom. The number of rotatable bonds is 2. The molecule has 0 aliphatic heterocycles. The van der Waals surface area contributed by atoms with Crippen LogP contribution in [0.25, 0.3) is 10.9 Å². The van der Waals surface area contributed by atoms with Crippen LogP contribution in [0.3, 0.4) is 0 Å². The Kier molecular flexibility index (Phi) is 2.60. The van der Waals surface area contributed by atoms with E-state index < -0.39 is 0 Å². The first-order valence-electron chi connectivity index (χ1n) is 4.53.